The van der Waals surface area contributed by atoms with Crippen LogP contribution in [-0.4, -0.2) is 41.3 Å². The zero-order chi connectivity index (χ0) is 8.15. The van der Waals surface area contributed by atoms with Crippen molar-refractivity contribution >= 4 is 5.97 Å². The number of hydrogen-bond acceptors (Lipinski definition) is 3. The summed E-state index contributed by atoms with van der Waals surface area (Å²) in [5, 5.41) is 16.8. The van der Waals surface area contributed by atoms with Crippen molar-refractivity contribution in [3.63, 3.8) is 0 Å². The van der Waals surface area contributed by atoms with Crippen molar-refractivity contribution in [1.82, 2.24) is 4.90 Å². The molecule has 0 radical (unpaired) electrons. The average Bonchev–Trinajstić information content (AvgIpc) is 1.82. The molecule has 4 heteroatoms. The Labute approximate surface area is 59.4 Å². The molecule has 58 valence electrons. The maximum absolute atomic E-state index is 9.99. The van der Waals surface area contributed by atoms with E-state index in [1.165, 1.54) is 12.3 Å². The quantitative estimate of drug-likeness (QED) is 0.562. The summed E-state index contributed by atoms with van der Waals surface area (Å²) in [5.41, 5.74) is 0. The molecule has 1 atom stereocenters. The highest BCUT2D eigenvalue weighted by Gasteiger charge is 2.06. The Hall–Kier alpha value is -1.03. The molecule has 0 aromatic carbocycles. The summed E-state index contributed by atoms with van der Waals surface area (Å²) in [6.07, 6.45) is 1.28. The van der Waals surface area contributed by atoms with Crippen LogP contribution in [0.3, 0.4) is 0 Å². The minimum absolute atomic E-state index is 1.20. The van der Waals surface area contributed by atoms with Crippen LogP contribution in [0.2, 0.25) is 0 Å². The molecule has 0 saturated carbocycles. The van der Waals surface area contributed by atoms with Gasteiger partial charge in [-0.2, -0.15) is 0 Å². The molecular weight excluding hydrogens is 134 g/mol. The minimum Gasteiger partial charge on any atom is -0.479 e. The van der Waals surface area contributed by atoms with E-state index < -0.39 is 12.1 Å². The van der Waals surface area contributed by atoms with Crippen LogP contribution < -0.4 is 0 Å². The molecule has 2 N–H and O–H groups in total. The molecule has 4 nitrogen and oxygen atoms in total. The molecule has 0 amide bonds. The van der Waals surface area contributed by atoms with E-state index >= 15 is 0 Å². The molecule has 1 unspecified atom stereocenters. The second-order valence-corrected chi connectivity index (χ2v) is 2.09. The smallest absolute Gasteiger partial charge is 0.336 e. The Balaban J connectivity index is 3.77. The SMILES string of the molecule is CN(C)C=CC(O)C(=O)O. The molecule has 0 heterocycles. The Morgan fingerprint density at radius 2 is 2.10 bits per heavy atom. The van der Waals surface area contributed by atoms with E-state index in [4.69, 9.17) is 10.2 Å². The molecule has 0 aliphatic carbocycles. The van der Waals surface area contributed by atoms with Crippen LogP contribution in [0, 0.1) is 0 Å². The number of carboxylic acid groups (broad SMARTS) is 1. The fourth-order valence-electron chi connectivity index (χ4n) is 0.336. The lowest BCUT2D eigenvalue weighted by Gasteiger charge is -2.04. The number of nitrogens with zero attached hydrogens (tertiary/aromatic N) is 1. The summed E-state index contributed by atoms with van der Waals surface area (Å²) in [4.78, 5) is 11.6. The van der Waals surface area contributed by atoms with Crippen LogP contribution in [0.25, 0.3) is 0 Å². The van der Waals surface area contributed by atoms with Crippen molar-refractivity contribution in [1.29, 1.82) is 0 Å². The molecule has 0 bridgehead atoms. The highest BCUT2D eigenvalue weighted by molar-refractivity contribution is 5.74. The third-order valence-electron chi connectivity index (χ3n) is 0.820. The molecule has 0 aromatic rings. The molecule has 0 spiro atoms. The van der Waals surface area contributed by atoms with Crippen molar-refractivity contribution in [2.24, 2.45) is 0 Å². The van der Waals surface area contributed by atoms with Gasteiger partial charge in [0.05, 0.1) is 0 Å². The van der Waals surface area contributed by atoms with E-state index in [0.29, 0.717) is 0 Å². The van der Waals surface area contributed by atoms with E-state index in [2.05, 4.69) is 0 Å². The summed E-state index contributed by atoms with van der Waals surface area (Å²) in [5.74, 6) is -1.24. The maximum atomic E-state index is 9.99. The standard InChI is InChI=1S/C6H11NO3/c1-7(2)4-3-5(8)6(9)10/h3-5,8H,1-2H3,(H,9,10). The van der Waals surface area contributed by atoms with Gasteiger partial charge in [-0.25, -0.2) is 4.79 Å². The van der Waals surface area contributed by atoms with E-state index in [9.17, 15) is 4.79 Å². The molecule has 0 rings (SSSR count). The first-order valence-corrected chi connectivity index (χ1v) is 2.79. The largest absolute Gasteiger partial charge is 0.479 e. The third kappa shape index (κ3) is 3.91. The highest BCUT2D eigenvalue weighted by atomic mass is 16.4. The van der Waals surface area contributed by atoms with Crippen molar-refractivity contribution in [2.45, 2.75) is 6.10 Å². The van der Waals surface area contributed by atoms with Crippen LogP contribution in [0.5, 0.6) is 0 Å². The number of aliphatic hydroxyl groups excluding tert-OH is 1. The van der Waals surface area contributed by atoms with Crippen molar-refractivity contribution in [3.8, 4) is 0 Å². The zero-order valence-electron chi connectivity index (χ0n) is 5.98. The molecular formula is C6H11NO3. The summed E-state index contributed by atoms with van der Waals surface area (Å²) in [6.45, 7) is 0. The number of aliphatic carboxylic acids is 1. The van der Waals surface area contributed by atoms with Crippen LogP contribution >= 0.6 is 0 Å². The maximum Gasteiger partial charge on any atom is 0.336 e. The van der Waals surface area contributed by atoms with Crippen LogP contribution in [0.4, 0.5) is 0 Å². The Morgan fingerprint density at radius 3 is 2.40 bits per heavy atom. The second-order valence-electron chi connectivity index (χ2n) is 2.09. The van der Waals surface area contributed by atoms with Gasteiger partial charge in [-0.3, -0.25) is 0 Å². The van der Waals surface area contributed by atoms with Crippen molar-refractivity contribution < 1.29 is 15.0 Å². The van der Waals surface area contributed by atoms with Gasteiger partial charge in [-0.05, 0) is 12.3 Å². The van der Waals surface area contributed by atoms with Gasteiger partial charge >= 0.3 is 5.97 Å². The lowest BCUT2D eigenvalue weighted by Crippen LogP contribution is -2.17. The molecule has 0 saturated heterocycles. The van der Waals surface area contributed by atoms with E-state index in [-0.39, 0.29) is 0 Å². The molecule has 0 aliphatic heterocycles. The summed E-state index contributed by atoms with van der Waals surface area (Å²) in [6, 6.07) is 0. The lowest BCUT2D eigenvalue weighted by atomic mass is 10.3. The highest BCUT2D eigenvalue weighted by Crippen LogP contribution is 1.86. The molecule has 0 fully saturated rings. The minimum atomic E-state index is -1.40. The van der Waals surface area contributed by atoms with Gasteiger partial charge in [-0.1, -0.05) is 0 Å². The number of carboxylic acids is 1. The summed E-state index contributed by atoms with van der Waals surface area (Å²) >= 11 is 0. The lowest BCUT2D eigenvalue weighted by molar-refractivity contribution is -0.144. The third-order valence-corrected chi connectivity index (χ3v) is 0.820. The van der Waals surface area contributed by atoms with Gasteiger partial charge in [0.2, 0.25) is 0 Å². The summed E-state index contributed by atoms with van der Waals surface area (Å²) < 4.78 is 0. The van der Waals surface area contributed by atoms with Gasteiger partial charge in [0, 0.05) is 14.1 Å². The normalized spacial score (nSPS) is 13.5. The van der Waals surface area contributed by atoms with E-state index in [1.807, 2.05) is 0 Å². The number of carbonyl (C=O) groups is 1. The van der Waals surface area contributed by atoms with Crippen molar-refractivity contribution in [3.05, 3.63) is 12.3 Å². The molecule has 0 aliphatic rings. The van der Waals surface area contributed by atoms with Gasteiger partial charge < -0.3 is 15.1 Å². The number of hydrogen-bond donors (Lipinski definition) is 2. The van der Waals surface area contributed by atoms with Crippen LogP contribution in [-0.2, 0) is 4.79 Å². The fourth-order valence-corrected chi connectivity index (χ4v) is 0.336. The predicted octanol–water partition coefficient (Wildman–Crippen LogP) is -0.493. The number of aliphatic hydroxyl groups is 1. The van der Waals surface area contributed by atoms with E-state index in [0.717, 1.165) is 0 Å². The first-order chi connectivity index (χ1) is 4.54. The molecule has 10 heavy (non-hydrogen) atoms. The van der Waals surface area contributed by atoms with Gasteiger partial charge in [0.1, 0.15) is 0 Å². The Morgan fingerprint density at radius 1 is 1.60 bits per heavy atom. The fraction of sp³-hybridized carbons (Fsp3) is 0.500. The molecule has 0 aromatic heterocycles. The van der Waals surface area contributed by atoms with Crippen LogP contribution in [0.1, 0.15) is 0 Å². The van der Waals surface area contributed by atoms with Crippen molar-refractivity contribution in [2.75, 3.05) is 14.1 Å². The van der Waals surface area contributed by atoms with Crippen LogP contribution in [0.15, 0.2) is 12.3 Å². The first-order valence-electron chi connectivity index (χ1n) is 2.79. The number of rotatable bonds is 3. The predicted molar refractivity (Wildman–Crippen MR) is 36.5 cm³/mol. The topological polar surface area (TPSA) is 60.8 Å². The first kappa shape index (κ1) is 8.97. The van der Waals surface area contributed by atoms with Gasteiger partial charge in [0.25, 0.3) is 0 Å². The Kier molecular flexibility index (Phi) is 3.49. The average molecular weight is 145 g/mol. The Bertz CT molecular complexity index is 142. The zero-order valence-corrected chi connectivity index (χ0v) is 5.98. The summed E-state index contributed by atoms with van der Waals surface area (Å²) in [7, 11) is 3.48. The second kappa shape index (κ2) is 3.90. The van der Waals surface area contributed by atoms with Gasteiger partial charge in [-0.15, -0.1) is 0 Å². The van der Waals surface area contributed by atoms with Gasteiger partial charge in [0.15, 0.2) is 6.10 Å². The monoisotopic (exact) mass is 145 g/mol. The van der Waals surface area contributed by atoms with E-state index in [1.54, 1.807) is 19.0 Å².